The maximum Gasteiger partial charge on any atom is 0.191 e. The molecule has 0 radical (unpaired) electrons. The number of nitrogens with zero attached hydrogens (tertiary/aromatic N) is 1. The van der Waals surface area contributed by atoms with Gasteiger partial charge in [0.05, 0.1) is 23.4 Å². The number of sulfone groups is 1. The smallest absolute Gasteiger partial charge is 0.191 e. The molecule has 26 heavy (non-hydrogen) atoms. The summed E-state index contributed by atoms with van der Waals surface area (Å²) in [5, 5.41) is 6.18. The van der Waals surface area contributed by atoms with Crippen molar-refractivity contribution < 1.29 is 17.9 Å². The van der Waals surface area contributed by atoms with Crippen molar-refractivity contribution in [1.29, 1.82) is 0 Å². The molecule has 1 aromatic rings. The first-order valence-electron chi connectivity index (χ1n) is 8.53. The zero-order valence-corrected chi connectivity index (χ0v) is 18.2. The van der Waals surface area contributed by atoms with Crippen LogP contribution >= 0.6 is 24.0 Å². The molecule has 2 rings (SSSR count). The number of guanidine groups is 1. The maximum atomic E-state index is 12.2. The lowest BCUT2D eigenvalue weighted by Gasteiger charge is -2.13. The average molecular weight is 497 g/mol. The van der Waals surface area contributed by atoms with Crippen LogP contribution in [0, 0.1) is 0 Å². The summed E-state index contributed by atoms with van der Waals surface area (Å²) in [6.07, 6.45) is 2.03. The average Bonchev–Trinajstić information content (AvgIpc) is 3.14. The fraction of sp³-hybridized carbons (Fsp3) is 0.588. The van der Waals surface area contributed by atoms with Gasteiger partial charge in [-0.25, -0.2) is 8.42 Å². The molecular formula is C17H28IN3O4S. The third-order valence-electron chi connectivity index (χ3n) is 3.84. The van der Waals surface area contributed by atoms with Crippen molar-refractivity contribution >= 4 is 39.8 Å². The van der Waals surface area contributed by atoms with Gasteiger partial charge in [0, 0.05) is 33.4 Å². The third kappa shape index (κ3) is 8.19. The Hall–Kier alpha value is -0.910. The van der Waals surface area contributed by atoms with Gasteiger partial charge in [-0.2, -0.15) is 0 Å². The number of hydrogen-bond acceptors (Lipinski definition) is 5. The highest BCUT2D eigenvalue weighted by atomic mass is 127. The van der Waals surface area contributed by atoms with E-state index < -0.39 is 9.84 Å². The van der Waals surface area contributed by atoms with E-state index in [0.29, 0.717) is 37.2 Å². The van der Waals surface area contributed by atoms with Crippen molar-refractivity contribution in [2.75, 3.05) is 45.7 Å². The Morgan fingerprint density at radius 3 is 2.65 bits per heavy atom. The maximum absolute atomic E-state index is 12.2. The summed E-state index contributed by atoms with van der Waals surface area (Å²) in [5.74, 6) is 0.607. The van der Waals surface area contributed by atoms with Crippen LogP contribution in [0.1, 0.15) is 12.8 Å². The summed E-state index contributed by atoms with van der Waals surface area (Å²) < 4.78 is 35.3. The van der Waals surface area contributed by atoms with E-state index in [9.17, 15) is 8.42 Å². The van der Waals surface area contributed by atoms with Gasteiger partial charge in [0.15, 0.2) is 15.8 Å². The van der Waals surface area contributed by atoms with E-state index in [0.717, 1.165) is 19.4 Å². The van der Waals surface area contributed by atoms with Crippen molar-refractivity contribution in [2.45, 2.75) is 23.8 Å². The number of hydrogen-bond donors (Lipinski definition) is 2. The molecule has 148 valence electrons. The van der Waals surface area contributed by atoms with E-state index >= 15 is 0 Å². The lowest BCUT2D eigenvalue weighted by Crippen LogP contribution is -2.40. The number of nitrogens with one attached hydrogen (secondary N) is 2. The normalized spacial score (nSPS) is 17.6. The zero-order chi connectivity index (χ0) is 18.0. The highest BCUT2D eigenvalue weighted by Gasteiger charge is 2.15. The topological polar surface area (TPSA) is 89.0 Å². The fourth-order valence-electron chi connectivity index (χ4n) is 2.44. The number of halogens is 1. The van der Waals surface area contributed by atoms with Crippen LogP contribution in [0.15, 0.2) is 40.2 Å². The zero-order valence-electron chi connectivity index (χ0n) is 15.0. The van der Waals surface area contributed by atoms with Crippen molar-refractivity contribution in [2.24, 2.45) is 4.99 Å². The van der Waals surface area contributed by atoms with Crippen LogP contribution in [0.2, 0.25) is 0 Å². The largest absolute Gasteiger partial charge is 0.379 e. The van der Waals surface area contributed by atoms with Crippen molar-refractivity contribution in [3.05, 3.63) is 30.3 Å². The van der Waals surface area contributed by atoms with Crippen LogP contribution in [0.3, 0.4) is 0 Å². The molecule has 1 aromatic carbocycles. The Morgan fingerprint density at radius 2 is 2.00 bits per heavy atom. The molecule has 0 aromatic heterocycles. The summed E-state index contributed by atoms with van der Waals surface area (Å²) in [6, 6.07) is 8.46. The minimum atomic E-state index is -3.28. The summed E-state index contributed by atoms with van der Waals surface area (Å²) in [6.45, 7) is 3.14. The van der Waals surface area contributed by atoms with Gasteiger partial charge in [0.25, 0.3) is 0 Å². The first-order valence-corrected chi connectivity index (χ1v) is 10.2. The van der Waals surface area contributed by atoms with E-state index in [4.69, 9.17) is 9.47 Å². The van der Waals surface area contributed by atoms with Crippen LogP contribution in [0.25, 0.3) is 0 Å². The van der Waals surface area contributed by atoms with Crippen LogP contribution in [-0.4, -0.2) is 66.2 Å². The van der Waals surface area contributed by atoms with Gasteiger partial charge in [-0.05, 0) is 25.0 Å². The molecule has 0 spiro atoms. The molecule has 7 nitrogen and oxygen atoms in total. The fourth-order valence-corrected chi connectivity index (χ4v) is 3.62. The molecule has 0 saturated carbocycles. The minimum Gasteiger partial charge on any atom is -0.379 e. The molecule has 1 fully saturated rings. The molecule has 1 atom stereocenters. The molecular weight excluding hydrogens is 469 g/mol. The van der Waals surface area contributed by atoms with Crippen molar-refractivity contribution in [3.63, 3.8) is 0 Å². The number of ether oxygens (including phenoxy) is 2. The predicted octanol–water partition coefficient (Wildman–Crippen LogP) is 1.44. The second kappa shape index (κ2) is 12.5. The van der Waals surface area contributed by atoms with Gasteiger partial charge in [-0.1, -0.05) is 18.2 Å². The first-order chi connectivity index (χ1) is 12.1. The van der Waals surface area contributed by atoms with Gasteiger partial charge < -0.3 is 20.1 Å². The lowest BCUT2D eigenvalue weighted by atomic mass is 10.3. The molecule has 9 heteroatoms. The monoisotopic (exact) mass is 497 g/mol. The predicted molar refractivity (Wildman–Crippen MR) is 113 cm³/mol. The Bertz CT molecular complexity index is 635. The number of aliphatic imine (C=N–C) groups is 1. The Labute approximate surface area is 172 Å². The van der Waals surface area contributed by atoms with E-state index in [2.05, 4.69) is 15.6 Å². The van der Waals surface area contributed by atoms with Gasteiger partial charge in [-0.15, -0.1) is 24.0 Å². The van der Waals surface area contributed by atoms with Crippen LogP contribution in [0.4, 0.5) is 0 Å². The standard InChI is InChI=1S/C17H27N3O4S.HI/c1-18-17(19-9-5-11-24-15-8-12-23-14-15)20-10-13-25(21,22)16-6-3-2-4-7-16;/h2-4,6-7,15H,5,8-14H2,1H3,(H2,18,19,20);1H. The van der Waals surface area contributed by atoms with E-state index in [1.807, 2.05) is 0 Å². The number of rotatable bonds is 9. The molecule has 1 aliphatic rings. The summed E-state index contributed by atoms with van der Waals surface area (Å²) in [4.78, 5) is 4.43. The first kappa shape index (κ1) is 23.1. The summed E-state index contributed by atoms with van der Waals surface area (Å²) in [5.41, 5.74) is 0. The van der Waals surface area contributed by atoms with Gasteiger partial charge in [-0.3, -0.25) is 4.99 Å². The molecule has 0 bridgehead atoms. The molecule has 0 aliphatic carbocycles. The van der Waals surface area contributed by atoms with Crippen LogP contribution in [0.5, 0.6) is 0 Å². The Balaban J connectivity index is 0.00000338. The SMILES string of the molecule is CN=C(NCCCOC1CCOC1)NCCS(=O)(=O)c1ccccc1.I. The van der Waals surface area contributed by atoms with Crippen molar-refractivity contribution in [3.8, 4) is 0 Å². The van der Waals surface area contributed by atoms with Gasteiger partial charge >= 0.3 is 0 Å². The lowest BCUT2D eigenvalue weighted by molar-refractivity contribution is 0.0420. The second-order valence-electron chi connectivity index (χ2n) is 5.77. The van der Waals surface area contributed by atoms with E-state index in [1.54, 1.807) is 37.4 Å². The Kier molecular flexibility index (Phi) is 11.1. The molecule has 1 unspecified atom stereocenters. The second-order valence-corrected chi connectivity index (χ2v) is 7.88. The van der Waals surface area contributed by atoms with Crippen molar-refractivity contribution in [1.82, 2.24) is 10.6 Å². The van der Waals surface area contributed by atoms with Gasteiger partial charge in [0.2, 0.25) is 0 Å². The minimum absolute atomic E-state index is 0. The summed E-state index contributed by atoms with van der Waals surface area (Å²) in [7, 11) is -1.62. The molecule has 0 amide bonds. The molecule has 1 saturated heterocycles. The Morgan fingerprint density at radius 1 is 1.27 bits per heavy atom. The molecule has 2 N–H and O–H groups in total. The summed E-state index contributed by atoms with van der Waals surface area (Å²) >= 11 is 0. The third-order valence-corrected chi connectivity index (χ3v) is 5.58. The van der Waals surface area contributed by atoms with E-state index in [-0.39, 0.29) is 35.8 Å². The van der Waals surface area contributed by atoms with Gasteiger partial charge in [0.1, 0.15) is 0 Å². The molecule has 1 aliphatic heterocycles. The van der Waals surface area contributed by atoms with Crippen LogP contribution in [-0.2, 0) is 19.3 Å². The molecule has 1 heterocycles. The number of benzene rings is 1. The quantitative estimate of drug-likeness (QED) is 0.232. The van der Waals surface area contributed by atoms with E-state index in [1.165, 1.54) is 0 Å². The van der Waals surface area contributed by atoms with Crippen LogP contribution < -0.4 is 10.6 Å². The highest BCUT2D eigenvalue weighted by Crippen LogP contribution is 2.09. The highest BCUT2D eigenvalue weighted by molar-refractivity contribution is 14.0.